The van der Waals surface area contributed by atoms with Gasteiger partial charge in [-0.15, -0.1) is 0 Å². The molecule has 1 aliphatic rings. The zero-order chi connectivity index (χ0) is 13.8. The molecule has 6 nitrogen and oxygen atoms in total. The predicted molar refractivity (Wildman–Crippen MR) is 70.3 cm³/mol. The van der Waals surface area contributed by atoms with Gasteiger partial charge in [-0.05, 0) is 19.5 Å². The molecular formula is C13H18N2O4. The van der Waals surface area contributed by atoms with E-state index in [1.807, 2.05) is 0 Å². The van der Waals surface area contributed by atoms with E-state index in [1.165, 1.54) is 12.1 Å². The largest absolute Gasteiger partial charge is 0.496 e. The molecule has 0 aliphatic carbocycles. The lowest BCUT2D eigenvalue weighted by atomic mass is 10.2. The zero-order valence-electron chi connectivity index (χ0n) is 11.2. The number of likely N-dealkylation sites (N-methyl/N-ethyl adjacent to an activating group) is 1. The van der Waals surface area contributed by atoms with E-state index >= 15 is 0 Å². The first-order valence-corrected chi connectivity index (χ1v) is 6.21. The summed E-state index contributed by atoms with van der Waals surface area (Å²) in [6, 6.07) is 4.56. The van der Waals surface area contributed by atoms with Crippen LogP contribution in [0.2, 0.25) is 0 Å². The summed E-state index contributed by atoms with van der Waals surface area (Å²) in [6.07, 6.45) is 1.18. The van der Waals surface area contributed by atoms with Gasteiger partial charge in [0.05, 0.1) is 24.7 Å². The molecule has 1 aliphatic heterocycles. The van der Waals surface area contributed by atoms with Crippen LogP contribution in [-0.4, -0.2) is 43.2 Å². The van der Waals surface area contributed by atoms with Crippen LogP contribution in [0.1, 0.15) is 12.0 Å². The normalized spacial score (nSPS) is 19.6. The van der Waals surface area contributed by atoms with Gasteiger partial charge >= 0.3 is 0 Å². The Kier molecular flexibility index (Phi) is 4.34. The fourth-order valence-electron chi connectivity index (χ4n) is 2.23. The summed E-state index contributed by atoms with van der Waals surface area (Å²) in [4.78, 5) is 12.6. The third kappa shape index (κ3) is 3.42. The maximum atomic E-state index is 10.8. The number of nitrogens with zero attached hydrogens (tertiary/aromatic N) is 2. The van der Waals surface area contributed by atoms with Crippen LogP contribution in [0, 0.1) is 10.1 Å². The molecule has 1 saturated heterocycles. The topological polar surface area (TPSA) is 64.8 Å². The van der Waals surface area contributed by atoms with Crippen molar-refractivity contribution in [2.75, 3.05) is 27.2 Å². The summed E-state index contributed by atoms with van der Waals surface area (Å²) < 4.78 is 11.0. The van der Waals surface area contributed by atoms with Crippen molar-refractivity contribution in [3.05, 3.63) is 33.9 Å². The number of hydrogen-bond acceptors (Lipinski definition) is 5. The maximum absolute atomic E-state index is 10.8. The lowest BCUT2D eigenvalue weighted by Crippen LogP contribution is -2.19. The number of ether oxygens (including phenoxy) is 2. The highest BCUT2D eigenvalue weighted by molar-refractivity contribution is 5.43. The fourth-order valence-corrected chi connectivity index (χ4v) is 2.23. The zero-order valence-corrected chi connectivity index (χ0v) is 11.2. The van der Waals surface area contributed by atoms with Gasteiger partial charge in [0.1, 0.15) is 5.75 Å². The summed E-state index contributed by atoms with van der Waals surface area (Å²) in [5.41, 5.74) is 0.772. The van der Waals surface area contributed by atoms with Gasteiger partial charge in [-0.25, -0.2) is 0 Å². The third-order valence-electron chi connectivity index (χ3n) is 3.30. The van der Waals surface area contributed by atoms with Crippen LogP contribution in [0.15, 0.2) is 18.2 Å². The maximum Gasteiger partial charge on any atom is 0.270 e. The molecule has 0 amide bonds. The molecule has 1 fully saturated rings. The second-order valence-corrected chi connectivity index (χ2v) is 4.74. The molecule has 0 N–H and O–H groups in total. The third-order valence-corrected chi connectivity index (χ3v) is 3.30. The molecule has 1 atom stereocenters. The van der Waals surface area contributed by atoms with Gasteiger partial charge in [-0.2, -0.15) is 0 Å². The Morgan fingerprint density at radius 3 is 2.89 bits per heavy atom. The molecule has 1 aromatic carbocycles. The summed E-state index contributed by atoms with van der Waals surface area (Å²) in [5.74, 6) is 0.622. The number of methoxy groups -OCH3 is 1. The SMILES string of the molecule is COc1ccc([N+](=O)[O-])cc1CO[C@H]1CCN(C)C1. The van der Waals surface area contributed by atoms with E-state index in [2.05, 4.69) is 11.9 Å². The first kappa shape index (κ1) is 13.8. The molecule has 0 bridgehead atoms. The Labute approximate surface area is 112 Å². The van der Waals surface area contributed by atoms with E-state index in [9.17, 15) is 10.1 Å². The van der Waals surface area contributed by atoms with Crippen molar-refractivity contribution in [1.82, 2.24) is 4.90 Å². The molecule has 0 radical (unpaired) electrons. The van der Waals surface area contributed by atoms with Crippen LogP contribution in [0.25, 0.3) is 0 Å². The quantitative estimate of drug-likeness (QED) is 0.601. The molecule has 104 valence electrons. The van der Waals surface area contributed by atoms with Crippen LogP contribution in [-0.2, 0) is 11.3 Å². The monoisotopic (exact) mass is 266 g/mol. The minimum absolute atomic E-state index is 0.0583. The van der Waals surface area contributed by atoms with Crippen LogP contribution >= 0.6 is 0 Å². The highest BCUT2D eigenvalue weighted by Crippen LogP contribution is 2.25. The number of likely N-dealkylation sites (tertiary alicyclic amines) is 1. The van der Waals surface area contributed by atoms with Crippen molar-refractivity contribution >= 4 is 5.69 Å². The Hall–Kier alpha value is -1.66. The van der Waals surface area contributed by atoms with E-state index in [0.29, 0.717) is 17.9 Å². The molecule has 1 aromatic rings. The fraction of sp³-hybridized carbons (Fsp3) is 0.538. The first-order chi connectivity index (χ1) is 9.10. The van der Waals surface area contributed by atoms with Crippen molar-refractivity contribution < 1.29 is 14.4 Å². The van der Waals surface area contributed by atoms with Gasteiger partial charge < -0.3 is 14.4 Å². The van der Waals surface area contributed by atoms with Gasteiger partial charge in [0, 0.05) is 30.8 Å². The molecule has 1 heterocycles. The number of non-ortho nitro benzene ring substituents is 1. The van der Waals surface area contributed by atoms with Crippen LogP contribution in [0.5, 0.6) is 5.75 Å². The minimum atomic E-state index is -0.410. The van der Waals surface area contributed by atoms with Crippen LogP contribution in [0.4, 0.5) is 5.69 Å². The second-order valence-electron chi connectivity index (χ2n) is 4.74. The van der Waals surface area contributed by atoms with Gasteiger partial charge in [0.15, 0.2) is 0 Å². The van der Waals surface area contributed by atoms with Gasteiger partial charge in [0.25, 0.3) is 5.69 Å². The minimum Gasteiger partial charge on any atom is -0.496 e. The highest BCUT2D eigenvalue weighted by Gasteiger charge is 2.21. The summed E-state index contributed by atoms with van der Waals surface area (Å²) in [6.45, 7) is 2.26. The summed E-state index contributed by atoms with van der Waals surface area (Å²) >= 11 is 0. The van der Waals surface area contributed by atoms with Crippen molar-refractivity contribution in [3.8, 4) is 5.75 Å². The van der Waals surface area contributed by atoms with Crippen molar-refractivity contribution in [2.45, 2.75) is 19.1 Å². The highest BCUT2D eigenvalue weighted by atomic mass is 16.6. The molecular weight excluding hydrogens is 248 g/mol. The molecule has 6 heteroatoms. The van der Waals surface area contributed by atoms with E-state index in [-0.39, 0.29) is 11.8 Å². The number of nitro groups is 1. The molecule has 0 unspecified atom stereocenters. The van der Waals surface area contributed by atoms with Crippen LogP contribution < -0.4 is 4.74 Å². The number of benzene rings is 1. The summed E-state index contributed by atoms with van der Waals surface area (Å²) in [5, 5.41) is 10.8. The molecule has 19 heavy (non-hydrogen) atoms. The van der Waals surface area contributed by atoms with Crippen molar-refractivity contribution in [1.29, 1.82) is 0 Å². The molecule has 0 saturated carbocycles. The molecule has 2 rings (SSSR count). The van der Waals surface area contributed by atoms with Crippen molar-refractivity contribution in [2.24, 2.45) is 0 Å². The van der Waals surface area contributed by atoms with Gasteiger partial charge in [0.2, 0.25) is 0 Å². The average molecular weight is 266 g/mol. The Balaban J connectivity index is 2.05. The lowest BCUT2D eigenvalue weighted by Gasteiger charge is -2.13. The number of hydrogen-bond donors (Lipinski definition) is 0. The van der Waals surface area contributed by atoms with E-state index < -0.39 is 4.92 Å². The van der Waals surface area contributed by atoms with Crippen molar-refractivity contribution in [3.63, 3.8) is 0 Å². The predicted octanol–water partition coefficient (Wildman–Crippen LogP) is 1.82. The Morgan fingerprint density at radius 2 is 2.32 bits per heavy atom. The van der Waals surface area contributed by atoms with Gasteiger partial charge in [-0.3, -0.25) is 10.1 Å². The number of nitro benzene ring substituents is 1. The Morgan fingerprint density at radius 1 is 1.53 bits per heavy atom. The van der Waals surface area contributed by atoms with E-state index in [4.69, 9.17) is 9.47 Å². The summed E-state index contributed by atoms with van der Waals surface area (Å²) in [7, 11) is 3.60. The number of rotatable bonds is 5. The smallest absolute Gasteiger partial charge is 0.270 e. The lowest BCUT2D eigenvalue weighted by molar-refractivity contribution is -0.385. The van der Waals surface area contributed by atoms with Gasteiger partial charge in [-0.1, -0.05) is 0 Å². The van der Waals surface area contributed by atoms with E-state index in [1.54, 1.807) is 13.2 Å². The first-order valence-electron chi connectivity index (χ1n) is 6.21. The Bertz CT molecular complexity index is 464. The van der Waals surface area contributed by atoms with Crippen LogP contribution in [0.3, 0.4) is 0 Å². The second kappa shape index (κ2) is 5.99. The van der Waals surface area contributed by atoms with E-state index in [0.717, 1.165) is 19.5 Å². The standard InChI is InChI=1S/C13H18N2O4/c1-14-6-5-12(8-14)19-9-10-7-11(15(16)17)3-4-13(10)18-2/h3-4,7,12H,5-6,8-9H2,1-2H3/t12-/m0/s1. The molecule has 0 aromatic heterocycles. The molecule has 0 spiro atoms. The average Bonchev–Trinajstić information content (AvgIpc) is 2.81.